The van der Waals surface area contributed by atoms with E-state index in [1.807, 2.05) is 0 Å². The lowest BCUT2D eigenvalue weighted by Gasteiger charge is -2.22. The topological polar surface area (TPSA) is 95.9 Å². The third-order valence-electron chi connectivity index (χ3n) is 17.5. The molecule has 0 radical (unpaired) electrons. The Balaban J connectivity index is 3.38. The van der Waals surface area contributed by atoms with Crippen LogP contribution < -0.4 is 5.32 Å². The number of carbonyl (C=O) groups is 2. The van der Waals surface area contributed by atoms with Crippen LogP contribution in [0.15, 0.2) is 24.3 Å². The van der Waals surface area contributed by atoms with Gasteiger partial charge in [-0.2, -0.15) is 0 Å². The molecule has 0 saturated carbocycles. The highest BCUT2D eigenvalue weighted by atomic mass is 16.5. The van der Waals surface area contributed by atoms with Crippen molar-refractivity contribution >= 4 is 11.9 Å². The van der Waals surface area contributed by atoms with Gasteiger partial charge in [-0.25, -0.2) is 0 Å². The van der Waals surface area contributed by atoms with Crippen molar-refractivity contribution in [2.24, 2.45) is 0 Å². The molecule has 2 unspecified atom stereocenters. The molecule has 0 aromatic heterocycles. The molecule has 0 aliphatic carbocycles. The van der Waals surface area contributed by atoms with Crippen molar-refractivity contribution in [3.8, 4) is 0 Å². The van der Waals surface area contributed by atoms with E-state index >= 15 is 0 Å². The number of aliphatic hydroxyl groups excluding tert-OH is 2. The van der Waals surface area contributed by atoms with Gasteiger partial charge in [0, 0.05) is 12.8 Å². The SMILES string of the molecule is CCCCCCCCCCCCCCCCCCCCC(O)C(CO)NC(=O)CCCCCCCCCCCCCCC/C=C\C/C=C\CCCCCCCCCCCOC(=O)CCCCCCCCCCCCCCCCCCC. The summed E-state index contributed by atoms with van der Waals surface area (Å²) in [4.78, 5) is 24.6. The van der Waals surface area contributed by atoms with Crippen LogP contribution in [0.5, 0.6) is 0 Å². The summed E-state index contributed by atoms with van der Waals surface area (Å²) in [7, 11) is 0. The van der Waals surface area contributed by atoms with Gasteiger partial charge >= 0.3 is 5.97 Å². The lowest BCUT2D eigenvalue weighted by molar-refractivity contribution is -0.143. The molecule has 0 bridgehead atoms. The normalized spacial score (nSPS) is 12.6. The number of allylic oxidation sites excluding steroid dienone is 4. The highest BCUT2D eigenvalue weighted by molar-refractivity contribution is 5.76. The molecule has 0 heterocycles. The minimum absolute atomic E-state index is 0.0169. The molecule has 0 rings (SSSR count). The van der Waals surface area contributed by atoms with E-state index in [1.54, 1.807) is 0 Å². The zero-order chi connectivity index (χ0) is 58.5. The van der Waals surface area contributed by atoms with E-state index in [0.29, 0.717) is 25.9 Å². The number of aliphatic hydroxyl groups is 2. The van der Waals surface area contributed by atoms with Crippen LogP contribution in [0.4, 0.5) is 0 Å². The Kier molecular flexibility index (Phi) is 69.4. The number of nitrogens with one attached hydrogen (secondary N) is 1. The fourth-order valence-corrected chi connectivity index (χ4v) is 11.9. The third-order valence-corrected chi connectivity index (χ3v) is 17.5. The van der Waals surface area contributed by atoms with E-state index in [1.165, 1.54) is 340 Å². The summed E-state index contributed by atoms with van der Waals surface area (Å²) in [6.45, 7) is 5.00. The van der Waals surface area contributed by atoms with Gasteiger partial charge in [-0.1, -0.05) is 372 Å². The van der Waals surface area contributed by atoms with E-state index in [2.05, 4.69) is 43.5 Å². The Bertz CT molecular complexity index is 1270. The molecular formula is C75H145NO5. The van der Waals surface area contributed by atoms with Crippen molar-refractivity contribution in [3.05, 3.63) is 24.3 Å². The molecule has 6 nitrogen and oxygen atoms in total. The van der Waals surface area contributed by atoms with Gasteiger partial charge in [0.1, 0.15) is 0 Å². The van der Waals surface area contributed by atoms with E-state index in [4.69, 9.17) is 4.74 Å². The standard InChI is InChI=1S/C75H145NO5/c1-3-5-7-9-11-13-15-17-19-21-36-39-43-47-51-55-59-63-67-73(78)72(71-77)76-74(79)68-64-60-56-52-48-44-40-37-33-31-29-27-25-23-22-24-26-28-30-32-34-38-42-46-50-54-58-62-66-70-81-75(80)69-65-61-57-53-49-45-41-35-20-18-16-14-12-10-8-6-4-2/h22,24,28,30,72-73,77-78H,3-21,23,25-27,29,31-71H2,1-2H3,(H,76,79)/b24-22-,30-28-. The minimum atomic E-state index is -0.665. The lowest BCUT2D eigenvalue weighted by Crippen LogP contribution is -2.45. The van der Waals surface area contributed by atoms with Gasteiger partial charge in [0.2, 0.25) is 5.91 Å². The molecule has 480 valence electrons. The second kappa shape index (κ2) is 70.8. The maximum Gasteiger partial charge on any atom is 0.305 e. The Hall–Kier alpha value is -1.66. The molecule has 0 saturated heterocycles. The van der Waals surface area contributed by atoms with E-state index in [-0.39, 0.29) is 18.5 Å². The van der Waals surface area contributed by atoms with Crippen molar-refractivity contribution in [2.45, 2.75) is 431 Å². The lowest BCUT2D eigenvalue weighted by atomic mass is 10.0. The predicted molar refractivity (Wildman–Crippen MR) is 356 cm³/mol. The van der Waals surface area contributed by atoms with Gasteiger partial charge in [-0.05, 0) is 57.8 Å². The monoisotopic (exact) mass is 1140 g/mol. The molecule has 0 aliphatic rings. The van der Waals surface area contributed by atoms with Crippen LogP contribution in [0.25, 0.3) is 0 Å². The molecule has 0 aromatic carbocycles. The minimum Gasteiger partial charge on any atom is -0.466 e. The summed E-state index contributed by atoms with van der Waals surface area (Å²) in [6.07, 6.45) is 89.5. The molecule has 0 aliphatic heterocycles. The summed E-state index contributed by atoms with van der Waals surface area (Å²) in [6, 6.07) is -0.543. The van der Waals surface area contributed by atoms with Crippen molar-refractivity contribution < 1.29 is 24.5 Å². The molecule has 81 heavy (non-hydrogen) atoms. The summed E-state index contributed by atoms with van der Waals surface area (Å²) in [5, 5.41) is 23.4. The predicted octanol–water partition coefficient (Wildman–Crippen LogP) is 24.1. The van der Waals surface area contributed by atoms with Crippen LogP contribution in [0.3, 0.4) is 0 Å². The van der Waals surface area contributed by atoms with Gasteiger partial charge in [-0.15, -0.1) is 0 Å². The van der Waals surface area contributed by atoms with Crippen LogP contribution in [-0.4, -0.2) is 47.4 Å². The van der Waals surface area contributed by atoms with Crippen molar-refractivity contribution in [1.29, 1.82) is 0 Å². The largest absolute Gasteiger partial charge is 0.466 e. The second-order valence-electron chi connectivity index (χ2n) is 25.6. The van der Waals surface area contributed by atoms with Crippen LogP contribution >= 0.6 is 0 Å². The van der Waals surface area contributed by atoms with E-state index < -0.39 is 12.1 Å². The van der Waals surface area contributed by atoms with Crippen LogP contribution in [-0.2, 0) is 14.3 Å². The van der Waals surface area contributed by atoms with E-state index in [0.717, 1.165) is 44.9 Å². The summed E-state index contributed by atoms with van der Waals surface area (Å²) < 4.78 is 5.50. The van der Waals surface area contributed by atoms with Gasteiger partial charge < -0.3 is 20.3 Å². The first kappa shape index (κ1) is 79.3. The number of amides is 1. The number of carbonyl (C=O) groups excluding carboxylic acids is 2. The van der Waals surface area contributed by atoms with Crippen LogP contribution in [0.1, 0.15) is 418 Å². The Labute approximate surface area is 507 Å². The highest BCUT2D eigenvalue weighted by Crippen LogP contribution is 2.19. The molecule has 0 aromatic rings. The van der Waals surface area contributed by atoms with Gasteiger partial charge in [0.15, 0.2) is 0 Å². The first-order valence-electron chi connectivity index (χ1n) is 37.1. The zero-order valence-electron chi connectivity index (χ0n) is 55.0. The fraction of sp³-hybridized carbons (Fsp3) is 0.920. The average molecular weight is 1140 g/mol. The van der Waals surface area contributed by atoms with Gasteiger partial charge in [-0.3, -0.25) is 9.59 Å². The van der Waals surface area contributed by atoms with Crippen molar-refractivity contribution in [3.63, 3.8) is 0 Å². The maximum absolute atomic E-state index is 12.5. The quantitative estimate of drug-likeness (QED) is 0.0320. The summed E-state index contributed by atoms with van der Waals surface area (Å²) in [5.74, 6) is -0.0151. The molecule has 2 atom stereocenters. The number of unbranched alkanes of at least 4 members (excludes halogenated alkanes) is 55. The molecule has 1 amide bonds. The van der Waals surface area contributed by atoms with E-state index in [9.17, 15) is 19.8 Å². The number of rotatable bonds is 70. The first-order chi connectivity index (χ1) is 40.0. The molecule has 0 fully saturated rings. The fourth-order valence-electron chi connectivity index (χ4n) is 11.9. The van der Waals surface area contributed by atoms with Gasteiger partial charge in [0.05, 0.1) is 25.4 Å². The number of ether oxygens (including phenoxy) is 1. The molecule has 3 N–H and O–H groups in total. The molecule has 0 spiro atoms. The Morgan fingerprint density at radius 1 is 0.346 bits per heavy atom. The summed E-state index contributed by atoms with van der Waals surface area (Å²) in [5.41, 5.74) is 0. The first-order valence-corrected chi connectivity index (χ1v) is 37.1. The molecular weight excluding hydrogens is 995 g/mol. The van der Waals surface area contributed by atoms with Crippen molar-refractivity contribution in [1.82, 2.24) is 5.32 Å². The second-order valence-corrected chi connectivity index (χ2v) is 25.6. The number of esters is 1. The third kappa shape index (κ3) is 67.3. The van der Waals surface area contributed by atoms with Crippen LogP contribution in [0, 0.1) is 0 Å². The summed E-state index contributed by atoms with van der Waals surface area (Å²) >= 11 is 0. The maximum atomic E-state index is 12.5. The Morgan fingerprint density at radius 2 is 0.617 bits per heavy atom. The Morgan fingerprint density at radius 3 is 0.938 bits per heavy atom. The number of hydrogen-bond donors (Lipinski definition) is 3. The highest BCUT2D eigenvalue weighted by Gasteiger charge is 2.20. The number of hydrogen-bond acceptors (Lipinski definition) is 5. The zero-order valence-corrected chi connectivity index (χ0v) is 55.0. The van der Waals surface area contributed by atoms with Gasteiger partial charge in [0.25, 0.3) is 0 Å². The van der Waals surface area contributed by atoms with Crippen molar-refractivity contribution in [2.75, 3.05) is 13.2 Å². The van der Waals surface area contributed by atoms with Crippen LogP contribution in [0.2, 0.25) is 0 Å². The smallest absolute Gasteiger partial charge is 0.305 e. The average Bonchev–Trinajstić information content (AvgIpc) is 3.47. The molecule has 6 heteroatoms.